The average Bonchev–Trinajstić information content (AvgIpc) is 3.49. The summed E-state index contributed by atoms with van der Waals surface area (Å²) >= 11 is 6.23. The molecule has 0 aliphatic heterocycles. The van der Waals surface area contributed by atoms with E-state index < -0.39 is 0 Å². The number of hydrogen-bond donors (Lipinski definition) is 2. The molecule has 1 aliphatic rings. The zero-order valence-electron chi connectivity index (χ0n) is 15.8. The molecule has 2 aromatic carbocycles. The Balaban J connectivity index is 1.71. The standard InChI is InChI=1S/C21H19ClN6O/c1-29-16-9-7-15(8-10-16)28-19(23)17-18(12-3-2-4-13(22)11-12)25-21(24-14-5-6-14)26-20(17)27-28/h2-4,7-11,14H,5-6,23H2,1H3,(H,24,26,27). The number of nitrogens with two attached hydrogens (primary N) is 1. The van der Waals surface area contributed by atoms with Crippen LogP contribution in [0.5, 0.6) is 5.75 Å². The molecule has 29 heavy (non-hydrogen) atoms. The van der Waals surface area contributed by atoms with Crippen LogP contribution in [0.4, 0.5) is 11.8 Å². The predicted octanol–water partition coefficient (Wildman–Crippen LogP) is 4.30. The van der Waals surface area contributed by atoms with Crippen molar-refractivity contribution in [1.29, 1.82) is 0 Å². The Morgan fingerprint density at radius 2 is 1.93 bits per heavy atom. The Morgan fingerprint density at radius 1 is 1.14 bits per heavy atom. The SMILES string of the molecule is COc1ccc(-n2nc3nc(NC4CC4)nc(-c4cccc(Cl)c4)c3c2N)cc1. The zero-order valence-corrected chi connectivity index (χ0v) is 16.5. The number of ether oxygens (including phenoxy) is 1. The number of fused-ring (bicyclic) bond motifs is 1. The Bertz CT molecular complexity index is 1200. The van der Waals surface area contributed by atoms with Gasteiger partial charge in [-0.2, -0.15) is 4.98 Å². The van der Waals surface area contributed by atoms with Crippen molar-refractivity contribution in [3.63, 3.8) is 0 Å². The molecule has 0 saturated heterocycles. The number of anilines is 2. The molecule has 1 aliphatic carbocycles. The Kier molecular flexibility index (Phi) is 4.24. The predicted molar refractivity (Wildman–Crippen MR) is 115 cm³/mol. The van der Waals surface area contributed by atoms with E-state index in [0.29, 0.717) is 39.6 Å². The molecule has 1 saturated carbocycles. The summed E-state index contributed by atoms with van der Waals surface area (Å²) in [5.41, 5.74) is 9.44. The number of methoxy groups -OCH3 is 1. The van der Waals surface area contributed by atoms with Crippen molar-refractivity contribution in [2.24, 2.45) is 0 Å². The molecule has 5 rings (SSSR count). The second-order valence-corrected chi connectivity index (χ2v) is 7.45. The van der Waals surface area contributed by atoms with Gasteiger partial charge in [-0.15, -0.1) is 5.10 Å². The van der Waals surface area contributed by atoms with Gasteiger partial charge in [-0.25, -0.2) is 9.67 Å². The van der Waals surface area contributed by atoms with Gasteiger partial charge in [0.05, 0.1) is 23.9 Å². The minimum Gasteiger partial charge on any atom is -0.497 e. The highest BCUT2D eigenvalue weighted by atomic mass is 35.5. The zero-order chi connectivity index (χ0) is 20.0. The van der Waals surface area contributed by atoms with Gasteiger partial charge in [0.1, 0.15) is 11.6 Å². The normalized spacial score (nSPS) is 13.6. The van der Waals surface area contributed by atoms with Crippen LogP contribution in [-0.2, 0) is 0 Å². The molecule has 3 N–H and O–H groups in total. The molecule has 0 atom stereocenters. The van der Waals surface area contributed by atoms with Crippen molar-refractivity contribution in [2.75, 3.05) is 18.2 Å². The largest absolute Gasteiger partial charge is 0.497 e. The van der Waals surface area contributed by atoms with E-state index in [9.17, 15) is 0 Å². The smallest absolute Gasteiger partial charge is 0.225 e. The summed E-state index contributed by atoms with van der Waals surface area (Å²) in [5.74, 6) is 1.78. The van der Waals surface area contributed by atoms with E-state index in [1.165, 1.54) is 0 Å². The fraction of sp³-hybridized carbons (Fsp3) is 0.190. The van der Waals surface area contributed by atoms with Crippen molar-refractivity contribution < 1.29 is 4.74 Å². The molecule has 2 heterocycles. The maximum Gasteiger partial charge on any atom is 0.225 e. The Hall–Kier alpha value is -3.32. The molecule has 0 unspecified atom stereocenters. The number of halogens is 1. The minimum absolute atomic E-state index is 0.417. The highest BCUT2D eigenvalue weighted by Gasteiger charge is 2.24. The average molecular weight is 407 g/mol. The Labute approximate surface area is 172 Å². The van der Waals surface area contributed by atoms with Gasteiger partial charge >= 0.3 is 0 Å². The van der Waals surface area contributed by atoms with Crippen molar-refractivity contribution in [3.05, 3.63) is 53.6 Å². The van der Waals surface area contributed by atoms with Crippen LogP contribution < -0.4 is 15.8 Å². The highest BCUT2D eigenvalue weighted by Crippen LogP contribution is 2.34. The summed E-state index contributed by atoms with van der Waals surface area (Å²) in [6.45, 7) is 0. The summed E-state index contributed by atoms with van der Waals surface area (Å²) in [4.78, 5) is 9.37. The van der Waals surface area contributed by atoms with Crippen LogP contribution in [0.15, 0.2) is 48.5 Å². The monoisotopic (exact) mass is 406 g/mol. The van der Waals surface area contributed by atoms with Gasteiger partial charge in [-0.05, 0) is 49.2 Å². The quantitative estimate of drug-likeness (QED) is 0.513. The first-order valence-electron chi connectivity index (χ1n) is 9.35. The van der Waals surface area contributed by atoms with Gasteiger partial charge in [0.25, 0.3) is 0 Å². The molecule has 1 fully saturated rings. The molecule has 2 aromatic heterocycles. The van der Waals surface area contributed by atoms with E-state index in [4.69, 9.17) is 27.1 Å². The first kappa shape index (κ1) is 17.8. The van der Waals surface area contributed by atoms with E-state index in [2.05, 4.69) is 15.4 Å². The van der Waals surface area contributed by atoms with Crippen molar-refractivity contribution in [3.8, 4) is 22.7 Å². The maximum absolute atomic E-state index is 6.52. The summed E-state index contributed by atoms with van der Waals surface area (Å²) in [6, 6.07) is 15.5. The van der Waals surface area contributed by atoms with Crippen LogP contribution in [0.3, 0.4) is 0 Å². The molecular formula is C21H19ClN6O. The molecule has 4 aromatic rings. The summed E-state index contributed by atoms with van der Waals surface area (Å²) in [7, 11) is 1.63. The van der Waals surface area contributed by atoms with Gasteiger partial charge in [0.15, 0.2) is 5.65 Å². The number of nitrogens with one attached hydrogen (secondary N) is 1. The van der Waals surface area contributed by atoms with Crippen LogP contribution in [-0.4, -0.2) is 32.9 Å². The van der Waals surface area contributed by atoms with E-state index in [1.807, 2.05) is 48.5 Å². The number of nitrogen functional groups attached to an aromatic ring is 1. The molecule has 146 valence electrons. The van der Waals surface area contributed by atoms with Crippen LogP contribution in [0.25, 0.3) is 28.0 Å². The third-order valence-corrected chi connectivity index (χ3v) is 5.13. The third-order valence-electron chi connectivity index (χ3n) is 4.89. The van der Waals surface area contributed by atoms with Gasteiger partial charge in [0.2, 0.25) is 5.95 Å². The van der Waals surface area contributed by atoms with Gasteiger partial charge in [-0.1, -0.05) is 23.7 Å². The van der Waals surface area contributed by atoms with Crippen LogP contribution >= 0.6 is 11.6 Å². The van der Waals surface area contributed by atoms with Gasteiger partial charge in [0, 0.05) is 16.6 Å². The van der Waals surface area contributed by atoms with E-state index >= 15 is 0 Å². The maximum atomic E-state index is 6.52. The van der Waals surface area contributed by atoms with E-state index in [-0.39, 0.29) is 0 Å². The second-order valence-electron chi connectivity index (χ2n) is 7.02. The van der Waals surface area contributed by atoms with Crippen LogP contribution in [0.2, 0.25) is 5.02 Å². The lowest BCUT2D eigenvalue weighted by atomic mass is 10.1. The third kappa shape index (κ3) is 3.34. The van der Waals surface area contributed by atoms with Crippen molar-refractivity contribution in [1.82, 2.24) is 19.7 Å². The lowest BCUT2D eigenvalue weighted by Crippen LogP contribution is -2.06. The van der Waals surface area contributed by atoms with Crippen molar-refractivity contribution in [2.45, 2.75) is 18.9 Å². The lowest BCUT2D eigenvalue weighted by Gasteiger charge is -2.08. The fourth-order valence-electron chi connectivity index (χ4n) is 3.25. The van der Waals surface area contributed by atoms with Gasteiger partial charge < -0.3 is 15.8 Å². The summed E-state index contributed by atoms with van der Waals surface area (Å²) in [5, 5.41) is 9.35. The number of hydrogen-bond acceptors (Lipinski definition) is 6. The highest BCUT2D eigenvalue weighted by molar-refractivity contribution is 6.30. The topological polar surface area (TPSA) is 90.9 Å². The molecule has 0 amide bonds. The minimum atomic E-state index is 0.417. The lowest BCUT2D eigenvalue weighted by molar-refractivity contribution is 0.414. The number of nitrogens with zero attached hydrogens (tertiary/aromatic N) is 4. The first-order valence-corrected chi connectivity index (χ1v) is 9.73. The number of benzene rings is 2. The molecule has 0 spiro atoms. The Morgan fingerprint density at radius 3 is 2.62 bits per heavy atom. The molecule has 0 bridgehead atoms. The molecule has 0 radical (unpaired) electrons. The van der Waals surface area contributed by atoms with Gasteiger partial charge in [-0.3, -0.25) is 0 Å². The van der Waals surface area contributed by atoms with Crippen LogP contribution in [0.1, 0.15) is 12.8 Å². The van der Waals surface area contributed by atoms with Crippen LogP contribution in [0, 0.1) is 0 Å². The molecule has 8 heteroatoms. The van der Waals surface area contributed by atoms with Crippen molar-refractivity contribution >= 4 is 34.4 Å². The van der Waals surface area contributed by atoms with E-state index in [1.54, 1.807) is 11.8 Å². The van der Waals surface area contributed by atoms with E-state index in [0.717, 1.165) is 29.8 Å². The summed E-state index contributed by atoms with van der Waals surface area (Å²) in [6.07, 6.45) is 2.24. The summed E-state index contributed by atoms with van der Waals surface area (Å²) < 4.78 is 6.91. The molecular weight excluding hydrogens is 388 g/mol. The number of rotatable bonds is 5. The number of aromatic nitrogens is 4. The second kappa shape index (κ2) is 6.93. The molecule has 7 nitrogen and oxygen atoms in total. The first-order chi connectivity index (χ1) is 14.1. The fourth-order valence-corrected chi connectivity index (χ4v) is 3.44.